The van der Waals surface area contributed by atoms with Crippen LogP contribution in [-0.4, -0.2) is 28.4 Å². The molecule has 0 saturated heterocycles. The van der Waals surface area contributed by atoms with Crippen molar-refractivity contribution in [2.24, 2.45) is 0 Å². The Morgan fingerprint density at radius 3 is 2.58 bits per heavy atom. The lowest BCUT2D eigenvalue weighted by Gasteiger charge is -2.11. The third kappa shape index (κ3) is 3.43. The van der Waals surface area contributed by atoms with Crippen molar-refractivity contribution in [1.29, 1.82) is 0 Å². The largest absolute Gasteiger partial charge is 0.495 e. The van der Waals surface area contributed by atoms with Gasteiger partial charge >= 0.3 is 0 Å². The maximum atomic E-state index is 12.7. The van der Waals surface area contributed by atoms with Crippen molar-refractivity contribution in [2.75, 3.05) is 12.4 Å². The number of imidazole rings is 1. The first-order valence-electron chi connectivity index (χ1n) is 7.87. The SMILES string of the molecule is COc1ccccc1NC(=O)/C(=C\n1c(=S)[nH]c2ccccc21)C(C)=O. The van der Waals surface area contributed by atoms with Gasteiger partial charge in [0, 0.05) is 6.20 Å². The number of nitrogens with one attached hydrogen (secondary N) is 2. The first-order valence-corrected chi connectivity index (χ1v) is 8.28. The number of anilines is 1. The van der Waals surface area contributed by atoms with E-state index in [9.17, 15) is 9.59 Å². The summed E-state index contributed by atoms with van der Waals surface area (Å²) in [6, 6.07) is 14.5. The molecule has 7 heteroatoms. The standard InChI is InChI=1S/C19H17N3O3S/c1-12(23)13(18(24)20-15-8-4-6-10-17(15)25-2)11-22-16-9-5-3-7-14(16)21-19(22)26/h3-11H,1-2H3,(H,20,24)(H,21,26)/b13-11-. The summed E-state index contributed by atoms with van der Waals surface area (Å²) in [4.78, 5) is 27.8. The lowest BCUT2D eigenvalue weighted by Crippen LogP contribution is -2.20. The summed E-state index contributed by atoms with van der Waals surface area (Å²) >= 11 is 5.31. The second-order valence-corrected chi connectivity index (χ2v) is 5.96. The van der Waals surface area contributed by atoms with Crippen LogP contribution in [0, 0.1) is 4.77 Å². The first kappa shape index (κ1) is 17.6. The lowest BCUT2D eigenvalue weighted by molar-refractivity contribution is -0.118. The fourth-order valence-electron chi connectivity index (χ4n) is 2.58. The zero-order chi connectivity index (χ0) is 18.7. The van der Waals surface area contributed by atoms with Gasteiger partial charge in [-0.05, 0) is 43.4 Å². The number of ether oxygens (including phenoxy) is 1. The Balaban J connectivity index is 2.02. The Bertz CT molecular complexity index is 1080. The molecular weight excluding hydrogens is 350 g/mol. The number of nitrogens with zero attached hydrogens (tertiary/aromatic N) is 1. The molecule has 0 spiro atoms. The van der Waals surface area contributed by atoms with Crippen LogP contribution in [0.1, 0.15) is 6.92 Å². The number of rotatable bonds is 5. The van der Waals surface area contributed by atoms with Crippen molar-refractivity contribution in [2.45, 2.75) is 6.92 Å². The fraction of sp³-hybridized carbons (Fsp3) is 0.105. The summed E-state index contributed by atoms with van der Waals surface area (Å²) in [5.74, 6) is -0.397. The Hall–Kier alpha value is -3.19. The number of Topliss-reactive ketones (excluding diaryl/α,β-unsaturated/α-hetero) is 1. The van der Waals surface area contributed by atoms with Crippen molar-refractivity contribution in [3.05, 3.63) is 58.9 Å². The van der Waals surface area contributed by atoms with E-state index in [0.29, 0.717) is 16.2 Å². The van der Waals surface area contributed by atoms with Crippen LogP contribution < -0.4 is 10.1 Å². The molecule has 3 aromatic rings. The number of carbonyl (C=O) groups is 2. The average Bonchev–Trinajstić information content (AvgIpc) is 2.94. The number of benzene rings is 2. The highest BCUT2D eigenvalue weighted by Gasteiger charge is 2.17. The molecule has 0 radical (unpaired) electrons. The summed E-state index contributed by atoms with van der Waals surface area (Å²) in [6.45, 7) is 1.34. The van der Waals surface area contributed by atoms with Gasteiger partial charge in [0.15, 0.2) is 10.6 Å². The number of hydrogen-bond donors (Lipinski definition) is 2. The number of para-hydroxylation sites is 4. The minimum Gasteiger partial charge on any atom is -0.495 e. The number of aromatic amines is 1. The number of amides is 1. The van der Waals surface area contributed by atoms with Gasteiger partial charge in [-0.2, -0.15) is 0 Å². The number of aromatic nitrogens is 2. The molecule has 26 heavy (non-hydrogen) atoms. The van der Waals surface area contributed by atoms with Gasteiger partial charge in [0.25, 0.3) is 5.91 Å². The van der Waals surface area contributed by atoms with Crippen LogP contribution in [-0.2, 0) is 9.59 Å². The quantitative estimate of drug-likeness (QED) is 0.311. The summed E-state index contributed by atoms with van der Waals surface area (Å²) in [7, 11) is 1.51. The van der Waals surface area contributed by atoms with E-state index < -0.39 is 5.91 Å². The van der Waals surface area contributed by atoms with Crippen LogP contribution in [0.25, 0.3) is 17.2 Å². The number of hydrogen-bond acceptors (Lipinski definition) is 4. The molecule has 0 aliphatic rings. The van der Waals surface area contributed by atoms with Gasteiger partial charge in [0.05, 0.1) is 29.4 Å². The highest BCUT2D eigenvalue weighted by Crippen LogP contribution is 2.24. The molecule has 2 aromatic carbocycles. The van der Waals surface area contributed by atoms with E-state index in [-0.39, 0.29) is 11.4 Å². The van der Waals surface area contributed by atoms with E-state index in [0.717, 1.165) is 11.0 Å². The van der Waals surface area contributed by atoms with Crippen molar-refractivity contribution in [3.8, 4) is 5.75 Å². The Kier molecular flexibility index (Phi) is 4.99. The minimum absolute atomic E-state index is 0.0169. The maximum absolute atomic E-state index is 12.7. The Labute approximate surface area is 155 Å². The number of methoxy groups -OCH3 is 1. The minimum atomic E-state index is -0.533. The normalized spacial score (nSPS) is 11.4. The molecule has 0 aliphatic carbocycles. The molecule has 3 rings (SSSR count). The first-order chi connectivity index (χ1) is 12.5. The molecule has 2 N–H and O–H groups in total. The monoisotopic (exact) mass is 367 g/mol. The lowest BCUT2D eigenvalue weighted by atomic mass is 10.1. The summed E-state index contributed by atoms with van der Waals surface area (Å²) in [6.07, 6.45) is 1.45. The smallest absolute Gasteiger partial charge is 0.260 e. The molecule has 0 fully saturated rings. The number of H-pyrrole nitrogens is 1. The topological polar surface area (TPSA) is 76.1 Å². The summed E-state index contributed by atoms with van der Waals surface area (Å²) < 4.78 is 7.24. The molecule has 132 valence electrons. The van der Waals surface area contributed by atoms with E-state index >= 15 is 0 Å². The van der Waals surface area contributed by atoms with Gasteiger partial charge in [0.2, 0.25) is 0 Å². The molecule has 6 nitrogen and oxygen atoms in total. The molecule has 0 atom stereocenters. The van der Waals surface area contributed by atoms with Crippen molar-refractivity contribution in [1.82, 2.24) is 9.55 Å². The third-order valence-corrected chi connectivity index (χ3v) is 4.16. The molecule has 0 aliphatic heterocycles. The molecule has 1 aromatic heterocycles. The highest BCUT2D eigenvalue weighted by atomic mass is 32.1. The zero-order valence-electron chi connectivity index (χ0n) is 14.3. The Morgan fingerprint density at radius 1 is 1.15 bits per heavy atom. The van der Waals surface area contributed by atoms with Gasteiger partial charge in [-0.25, -0.2) is 0 Å². The van der Waals surface area contributed by atoms with Gasteiger partial charge in [-0.3, -0.25) is 14.2 Å². The van der Waals surface area contributed by atoms with Gasteiger partial charge in [0.1, 0.15) is 5.75 Å². The van der Waals surface area contributed by atoms with E-state index in [1.54, 1.807) is 28.8 Å². The molecule has 1 amide bonds. The van der Waals surface area contributed by atoms with E-state index in [1.807, 2.05) is 24.3 Å². The van der Waals surface area contributed by atoms with Crippen LogP contribution in [0.5, 0.6) is 5.75 Å². The van der Waals surface area contributed by atoms with Crippen LogP contribution >= 0.6 is 12.2 Å². The van der Waals surface area contributed by atoms with Crippen molar-refractivity contribution in [3.63, 3.8) is 0 Å². The number of carbonyl (C=O) groups excluding carboxylic acids is 2. The fourth-order valence-corrected chi connectivity index (χ4v) is 2.84. The van der Waals surface area contributed by atoms with Gasteiger partial charge in [-0.15, -0.1) is 0 Å². The van der Waals surface area contributed by atoms with Crippen LogP contribution in [0.4, 0.5) is 5.69 Å². The van der Waals surface area contributed by atoms with Crippen LogP contribution in [0.15, 0.2) is 54.1 Å². The second-order valence-electron chi connectivity index (χ2n) is 5.57. The molecule has 0 saturated carbocycles. The predicted molar refractivity (Wildman–Crippen MR) is 104 cm³/mol. The van der Waals surface area contributed by atoms with E-state index in [4.69, 9.17) is 17.0 Å². The van der Waals surface area contributed by atoms with E-state index in [1.165, 1.54) is 20.2 Å². The zero-order valence-corrected chi connectivity index (χ0v) is 15.1. The highest BCUT2D eigenvalue weighted by molar-refractivity contribution is 7.71. The summed E-state index contributed by atoms with van der Waals surface area (Å²) in [5, 5.41) is 2.71. The summed E-state index contributed by atoms with van der Waals surface area (Å²) in [5.41, 5.74) is 2.06. The molecule has 1 heterocycles. The predicted octanol–water partition coefficient (Wildman–Crippen LogP) is 3.78. The third-order valence-electron chi connectivity index (χ3n) is 3.86. The average molecular weight is 367 g/mol. The van der Waals surface area contributed by atoms with Crippen molar-refractivity contribution < 1.29 is 14.3 Å². The number of ketones is 1. The maximum Gasteiger partial charge on any atom is 0.260 e. The molecular formula is C19H17N3O3S. The van der Waals surface area contributed by atoms with Crippen molar-refractivity contribution >= 4 is 46.8 Å². The Morgan fingerprint density at radius 2 is 1.85 bits per heavy atom. The number of fused-ring (bicyclic) bond motifs is 1. The van der Waals surface area contributed by atoms with Gasteiger partial charge < -0.3 is 15.0 Å². The second kappa shape index (κ2) is 7.37. The molecule has 0 unspecified atom stereocenters. The van der Waals surface area contributed by atoms with E-state index in [2.05, 4.69) is 10.3 Å². The van der Waals surface area contributed by atoms with Crippen LogP contribution in [0.3, 0.4) is 0 Å². The molecule has 0 bridgehead atoms. The van der Waals surface area contributed by atoms with Crippen LogP contribution in [0.2, 0.25) is 0 Å². The van der Waals surface area contributed by atoms with Gasteiger partial charge in [-0.1, -0.05) is 24.3 Å².